The lowest BCUT2D eigenvalue weighted by Crippen LogP contribution is -2.46. The van der Waals surface area contributed by atoms with Gasteiger partial charge in [-0.2, -0.15) is 18.3 Å². The summed E-state index contributed by atoms with van der Waals surface area (Å²) in [5.74, 6) is 1.24. The van der Waals surface area contributed by atoms with E-state index in [2.05, 4.69) is 24.3 Å². The highest BCUT2D eigenvalue weighted by Crippen LogP contribution is 2.58. The smallest absolute Gasteiger partial charge is 0.435 e. The second kappa shape index (κ2) is 11.5. The number of amides is 1. The molecule has 1 N–H and O–H groups in total. The summed E-state index contributed by atoms with van der Waals surface area (Å²) in [6.45, 7) is 4.58. The molecule has 0 bridgehead atoms. The molecule has 3 heterocycles. The van der Waals surface area contributed by atoms with E-state index in [-0.39, 0.29) is 29.8 Å². The van der Waals surface area contributed by atoms with E-state index in [4.69, 9.17) is 9.47 Å². The van der Waals surface area contributed by atoms with Crippen molar-refractivity contribution in [2.45, 2.75) is 82.3 Å². The number of alkyl halides is 3. The van der Waals surface area contributed by atoms with Crippen molar-refractivity contribution in [1.82, 2.24) is 15.1 Å². The van der Waals surface area contributed by atoms with E-state index in [1.807, 2.05) is 41.3 Å². The fraction of sp³-hybridized carbons (Fsp3) is 0.389. The summed E-state index contributed by atoms with van der Waals surface area (Å²) in [7, 11) is 1.61. The zero-order valence-electron chi connectivity index (χ0n) is 26.1. The number of anilines is 1. The Morgan fingerprint density at radius 1 is 0.978 bits per heavy atom. The number of fused-ring (bicyclic) bond motifs is 2. The summed E-state index contributed by atoms with van der Waals surface area (Å²) in [5.41, 5.74) is 2.06. The molecule has 1 aliphatic carbocycles. The Hall–Kier alpha value is -4.31. The Bertz CT molecular complexity index is 1740. The summed E-state index contributed by atoms with van der Waals surface area (Å²) < 4.78 is 55.7. The molecule has 7 nitrogen and oxygen atoms in total. The van der Waals surface area contributed by atoms with Gasteiger partial charge >= 0.3 is 6.18 Å². The summed E-state index contributed by atoms with van der Waals surface area (Å²) in [4.78, 5) is 16.2. The Balaban J connectivity index is 1.40. The topological polar surface area (TPSA) is 68.6 Å². The Morgan fingerprint density at radius 3 is 2.28 bits per heavy atom. The van der Waals surface area contributed by atoms with Gasteiger partial charge in [-0.1, -0.05) is 36.8 Å². The summed E-state index contributed by atoms with van der Waals surface area (Å²) in [6.07, 6.45) is -0.992. The van der Waals surface area contributed by atoms with Crippen molar-refractivity contribution < 1.29 is 27.4 Å². The first kappa shape index (κ1) is 30.3. The van der Waals surface area contributed by atoms with Gasteiger partial charge in [-0.3, -0.25) is 4.79 Å². The number of para-hydroxylation sites is 1. The van der Waals surface area contributed by atoms with E-state index in [0.29, 0.717) is 42.1 Å². The minimum absolute atomic E-state index is 0.00571. The molecule has 240 valence electrons. The van der Waals surface area contributed by atoms with E-state index in [1.54, 1.807) is 37.4 Å². The molecular formula is C36H37F3N4O3. The van der Waals surface area contributed by atoms with Crippen LogP contribution >= 0.6 is 0 Å². The lowest BCUT2D eigenvalue weighted by Gasteiger charge is -2.37. The second-order valence-electron chi connectivity index (χ2n) is 12.9. The average Bonchev–Trinajstić information content (AvgIpc) is 3.56. The van der Waals surface area contributed by atoms with Crippen LogP contribution in [0.5, 0.6) is 11.5 Å². The fourth-order valence-corrected chi connectivity index (χ4v) is 7.32. The second-order valence-corrected chi connectivity index (χ2v) is 12.9. The molecule has 46 heavy (non-hydrogen) atoms. The first-order valence-corrected chi connectivity index (χ1v) is 15.8. The lowest BCUT2D eigenvalue weighted by atomic mass is 9.65. The first-order valence-electron chi connectivity index (χ1n) is 15.8. The molecule has 0 radical (unpaired) electrons. The summed E-state index contributed by atoms with van der Waals surface area (Å²) in [6, 6.07) is 21.7. The van der Waals surface area contributed by atoms with Crippen LogP contribution < -0.4 is 19.7 Å². The Kier molecular flexibility index (Phi) is 7.58. The van der Waals surface area contributed by atoms with Gasteiger partial charge in [0, 0.05) is 17.6 Å². The predicted molar refractivity (Wildman–Crippen MR) is 169 cm³/mol. The molecule has 1 amide bonds. The monoisotopic (exact) mass is 630 g/mol. The minimum Gasteiger partial charge on any atom is -0.497 e. The van der Waals surface area contributed by atoms with Gasteiger partial charge in [-0.05, 0) is 93.1 Å². The predicted octanol–water partition coefficient (Wildman–Crippen LogP) is 7.44. The van der Waals surface area contributed by atoms with E-state index < -0.39 is 17.3 Å². The SMILES string of the molecule is COc1ccc(CN2C(=O)C3(CCC3)c3cc(-c4cc(C(F)(F)F)nn4-c4ccccc4)cc(OC4CC(C)NC(C)C4)c32)cc1. The van der Waals surface area contributed by atoms with Crippen molar-refractivity contribution in [3.05, 3.63) is 89.6 Å². The van der Waals surface area contributed by atoms with Crippen molar-refractivity contribution in [3.8, 4) is 28.4 Å². The molecule has 2 unspecified atom stereocenters. The highest BCUT2D eigenvalue weighted by Gasteiger charge is 2.56. The van der Waals surface area contributed by atoms with Crippen molar-refractivity contribution in [3.63, 3.8) is 0 Å². The number of carbonyl (C=O) groups excluding carboxylic acids is 1. The van der Waals surface area contributed by atoms with Crippen LogP contribution in [0.25, 0.3) is 16.9 Å². The number of nitrogens with one attached hydrogen (secondary N) is 1. The van der Waals surface area contributed by atoms with Crippen LogP contribution in [0.15, 0.2) is 72.8 Å². The van der Waals surface area contributed by atoms with E-state index in [0.717, 1.165) is 42.2 Å². The van der Waals surface area contributed by atoms with Crippen LogP contribution in [0.2, 0.25) is 0 Å². The zero-order chi connectivity index (χ0) is 32.2. The highest BCUT2D eigenvalue weighted by molar-refractivity contribution is 6.10. The zero-order valence-corrected chi connectivity index (χ0v) is 26.1. The molecule has 7 rings (SSSR count). The molecule has 1 spiro atoms. The van der Waals surface area contributed by atoms with Gasteiger partial charge in [-0.15, -0.1) is 0 Å². The lowest BCUT2D eigenvalue weighted by molar-refractivity contribution is -0.141. The Labute approximate surface area is 266 Å². The maximum absolute atomic E-state index is 14.4. The normalized spacial score (nSPS) is 22.1. The maximum atomic E-state index is 14.4. The number of methoxy groups -OCH3 is 1. The van der Waals surface area contributed by atoms with Gasteiger partial charge in [0.05, 0.1) is 36.1 Å². The molecule has 2 atom stereocenters. The maximum Gasteiger partial charge on any atom is 0.435 e. The number of hydrogen-bond donors (Lipinski definition) is 1. The number of rotatable bonds is 7. The minimum atomic E-state index is -4.63. The third kappa shape index (κ3) is 5.32. The molecule has 1 saturated carbocycles. The molecule has 1 saturated heterocycles. The number of benzene rings is 3. The molecular weight excluding hydrogens is 593 g/mol. The van der Waals surface area contributed by atoms with Crippen molar-refractivity contribution >= 4 is 11.6 Å². The third-order valence-electron chi connectivity index (χ3n) is 9.61. The van der Waals surface area contributed by atoms with Gasteiger partial charge in [0.2, 0.25) is 5.91 Å². The van der Waals surface area contributed by atoms with E-state index in [9.17, 15) is 18.0 Å². The van der Waals surface area contributed by atoms with Crippen LogP contribution in [0.3, 0.4) is 0 Å². The van der Waals surface area contributed by atoms with Crippen molar-refractivity contribution in [1.29, 1.82) is 0 Å². The quantitative estimate of drug-likeness (QED) is 0.230. The van der Waals surface area contributed by atoms with Gasteiger partial charge in [-0.25, -0.2) is 4.68 Å². The summed E-state index contributed by atoms with van der Waals surface area (Å²) >= 11 is 0. The number of halogens is 3. The third-order valence-corrected chi connectivity index (χ3v) is 9.61. The van der Waals surface area contributed by atoms with Crippen LogP contribution in [0.1, 0.15) is 62.8 Å². The van der Waals surface area contributed by atoms with E-state index >= 15 is 0 Å². The van der Waals surface area contributed by atoms with Gasteiger partial charge < -0.3 is 19.7 Å². The van der Waals surface area contributed by atoms with Crippen LogP contribution in [-0.4, -0.2) is 41.0 Å². The number of aromatic nitrogens is 2. The molecule has 3 aliphatic rings. The van der Waals surface area contributed by atoms with Crippen molar-refractivity contribution in [2.24, 2.45) is 0 Å². The van der Waals surface area contributed by atoms with Gasteiger partial charge in [0.1, 0.15) is 17.6 Å². The number of carbonyl (C=O) groups is 1. The van der Waals surface area contributed by atoms with Crippen LogP contribution in [0.4, 0.5) is 18.9 Å². The molecule has 10 heteroatoms. The van der Waals surface area contributed by atoms with E-state index in [1.165, 1.54) is 4.68 Å². The number of piperidine rings is 1. The Morgan fingerprint density at radius 2 is 1.67 bits per heavy atom. The van der Waals surface area contributed by atoms with Crippen LogP contribution in [-0.2, 0) is 22.9 Å². The standard InChI is InChI=1S/C36H37F3N4O3/c1-22-16-28(17-23(2)40-22)46-31-19-25(30-20-32(36(37,38)39)41-43(30)26-8-5-4-6-9-26)18-29-33(31)42(34(44)35(29)14-7-15-35)21-24-10-12-27(45-3)13-11-24/h4-6,8-13,18-20,22-23,28,40H,7,14-17,21H2,1-3H3. The molecule has 2 aliphatic heterocycles. The highest BCUT2D eigenvalue weighted by atomic mass is 19.4. The molecule has 2 fully saturated rings. The van der Waals surface area contributed by atoms with Gasteiger partial charge in [0.25, 0.3) is 0 Å². The molecule has 4 aromatic rings. The largest absolute Gasteiger partial charge is 0.497 e. The summed E-state index contributed by atoms with van der Waals surface area (Å²) in [5, 5.41) is 7.56. The van der Waals surface area contributed by atoms with Crippen LogP contribution in [0, 0.1) is 0 Å². The molecule has 1 aromatic heterocycles. The fourth-order valence-electron chi connectivity index (χ4n) is 7.32. The first-order chi connectivity index (χ1) is 22.1. The number of hydrogen-bond acceptors (Lipinski definition) is 5. The average molecular weight is 631 g/mol. The molecule has 3 aromatic carbocycles. The van der Waals surface area contributed by atoms with Crippen molar-refractivity contribution in [2.75, 3.05) is 12.0 Å². The van der Waals surface area contributed by atoms with Gasteiger partial charge in [0.15, 0.2) is 5.69 Å². The number of nitrogens with zero attached hydrogens (tertiary/aromatic N) is 3. The number of ether oxygens (including phenoxy) is 2.